The average molecular weight is 415 g/mol. The van der Waals surface area contributed by atoms with Crippen molar-refractivity contribution in [2.75, 3.05) is 26.2 Å². The van der Waals surface area contributed by atoms with E-state index in [0.29, 0.717) is 0 Å². The molecule has 0 aliphatic carbocycles. The van der Waals surface area contributed by atoms with Gasteiger partial charge in [-0.15, -0.1) is 0 Å². The van der Waals surface area contributed by atoms with Crippen LogP contribution in [0.2, 0.25) is 0 Å². The molecule has 0 saturated heterocycles. The first-order valence-corrected chi connectivity index (χ1v) is 10.5. The Labute approximate surface area is 169 Å². The number of rotatable bonds is 12. The minimum Gasteiger partial charge on any atom is -1.00 e. The van der Waals surface area contributed by atoms with E-state index in [1.807, 2.05) is 18.2 Å². The average Bonchev–Trinajstić information content (AvgIpc) is 2.62. The van der Waals surface area contributed by atoms with E-state index in [2.05, 4.69) is 46.8 Å². The third-order valence-electron chi connectivity index (χ3n) is 4.88. The van der Waals surface area contributed by atoms with Gasteiger partial charge in [0.25, 0.3) is 0 Å². The number of benzene rings is 1. The van der Waals surface area contributed by atoms with E-state index in [1.165, 1.54) is 87.6 Å². The van der Waals surface area contributed by atoms with Gasteiger partial charge in [0.05, 0.1) is 26.2 Å². The molecule has 1 aromatic rings. The minimum absolute atomic E-state index is 0. The van der Waals surface area contributed by atoms with Crippen molar-refractivity contribution < 1.29 is 21.5 Å². The Bertz CT molecular complexity index is 326. The van der Waals surface area contributed by atoms with Crippen LogP contribution >= 0.6 is 0 Å². The highest BCUT2D eigenvalue weighted by Crippen LogP contribution is 2.16. The van der Waals surface area contributed by atoms with Crippen molar-refractivity contribution in [3.8, 4) is 0 Å². The molecule has 1 aromatic carbocycles. The molecule has 0 aliphatic rings. The van der Waals surface area contributed by atoms with Crippen molar-refractivity contribution in [3.63, 3.8) is 0 Å². The highest BCUT2D eigenvalue weighted by Gasteiger charge is 2.24. The quantitative estimate of drug-likeness (QED) is 0.454. The number of quaternary nitrogens is 1. The second-order valence-electron chi connectivity index (χ2n) is 7.30. The number of aryl methyl sites for hydroxylation is 1. The molecule has 0 heterocycles. The summed E-state index contributed by atoms with van der Waals surface area (Å²) < 4.78 is 1.42. The molecule has 0 amide bonds. The van der Waals surface area contributed by atoms with Gasteiger partial charge in [-0.1, -0.05) is 89.3 Å². The molecule has 25 heavy (non-hydrogen) atoms. The van der Waals surface area contributed by atoms with Gasteiger partial charge in [0.2, 0.25) is 0 Å². The fourth-order valence-corrected chi connectivity index (χ4v) is 3.18. The van der Waals surface area contributed by atoms with E-state index in [9.17, 15) is 0 Å². The standard InChI is InChI=1S/C16H36N.C7H8.BrH/c1-5-9-13-17(14-10-6-2,15-11-7-3)16-12-8-4;1-7-5-3-2-4-6-7;/h5-16H2,1-4H3;2-6H,1H3;1H/q+1;;/p-1. The summed E-state index contributed by atoms with van der Waals surface area (Å²) in [5, 5.41) is 0. The predicted molar refractivity (Wildman–Crippen MR) is 111 cm³/mol. The zero-order valence-corrected chi connectivity index (χ0v) is 19.3. The maximum atomic E-state index is 2.33. The van der Waals surface area contributed by atoms with Gasteiger partial charge in [0.1, 0.15) is 0 Å². The number of nitrogens with zero attached hydrogens (tertiary/aromatic N) is 1. The van der Waals surface area contributed by atoms with Crippen molar-refractivity contribution >= 4 is 0 Å². The van der Waals surface area contributed by atoms with Crippen LogP contribution in [0.15, 0.2) is 30.3 Å². The monoisotopic (exact) mass is 413 g/mol. The van der Waals surface area contributed by atoms with Gasteiger partial charge in [0, 0.05) is 0 Å². The van der Waals surface area contributed by atoms with Gasteiger partial charge >= 0.3 is 0 Å². The molecular formula is C23H44BrN. The SMILES string of the molecule is CCCC[N+](CCCC)(CCCC)CCCC.Cc1ccccc1.[Br-]. The zero-order valence-electron chi connectivity index (χ0n) is 17.7. The summed E-state index contributed by atoms with van der Waals surface area (Å²) in [6.07, 6.45) is 11.1. The first-order chi connectivity index (χ1) is 11.6. The molecule has 0 radical (unpaired) electrons. The van der Waals surface area contributed by atoms with E-state index < -0.39 is 0 Å². The number of hydrogen-bond donors (Lipinski definition) is 0. The molecule has 148 valence electrons. The summed E-state index contributed by atoms with van der Waals surface area (Å²) in [6.45, 7) is 17.1. The van der Waals surface area contributed by atoms with Crippen LogP contribution in [0.4, 0.5) is 0 Å². The van der Waals surface area contributed by atoms with Gasteiger partial charge in [-0.25, -0.2) is 0 Å². The maximum absolute atomic E-state index is 2.33. The van der Waals surface area contributed by atoms with Gasteiger partial charge in [-0.05, 0) is 32.6 Å². The molecule has 0 unspecified atom stereocenters. The summed E-state index contributed by atoms with van der Waals surface area (Å²) in [6, 6.07) is 10.3. The van der Waals surface area contributed by atoms with Crippen LogP contribution < -0.4 is 17.0 Å². The second-order valence-corrected chi connectivity index (χ2v) is 7.30. The smallest absolute Gasteiger partial charge is 0.0786 e. The Morgan fingerprint density at radius 3 is 1.12 bits per heavy atom. The Morgan fingerprint density at radius 2 is 0.920 bits per heavy atom. The van der Waals surface area contributed by atoms with Crippen LogP contribution in [-0.2, 0) is 0 Å². The fourth-order valence-electron chi connectivity index (χ4n) is 3.18. The summed E-state index contributed by atoms with van der Waals surface area (Å²) in [7, 11) is 0. The van der Waals surface area contributed by atoms with Crippen molar-refractivity contribution in [3.05, 3.63) is 35.9 Å². The van der Waals surface area contributed by atoms with E-state index in [1.54, 1.807) is 0 Å². The van der Waals surface area contributed by atoms with E-state index in [0.717, 1.165) is 0 Å². The Morgan fingerprint density at radius 1 is 0.600 bits per heavy atom. The third-order valence-corrected chi connectivity index (χ3v) is 4.88. The lowest BCUT2D eigenvalue weighted by molar-refractivity contribution is -0.929. The minimum atomic E-state index is 0. The molecule has 0 fully saturated rings. The first-order valence-electron chi connectivity index (χ1n) is 10.5. The zero-order chi connectivity index (χ0) is 18.1. The topological polar surface area (TPSA) is 0 Å². The molecule has 2 heteroatoms. The van der Waals surface area contributed by atoms with Crippen LogP contribution in [0.1, 0.15) is 84.6 Å². The van der Waals surface area contributed by atoms with Crippen molar-refractivity contribution in [2.24, 2.45) is 0 Å². The lowest BCUT2D eigenvalue weighted by Gasteiger charge is -2.39. The van der Waals surface area contributed by atoms with Gasteiger partial charge < -0.3 is 21.5 Å². The molecule has 0 aromatic heterocycles. The summed E-state index contributed by atoms with van der Waals surface area (Å²) in [4.78, 5) is 0. The van der Waals surface area contributed by atoms with Crippen molar-refractivity contribution in [1.29, 1.82) is 0 Å². The lowest BCUT2D eigenvalue weighted by atomic mass is 10.1. The number of halogens is 1. The van der Waals surface area contributed by atoms with Gasteiger partial charge in [-0.3, -0.25) is 0 Å². The Hall–Kier alpha value is -0.340. The largest absolute Gasteiger partial charge is 1.00 e. The van der Waals surface area contributed by atoms with E-state index >= 15 is 0 Å². The predicted octanol–water partition coefficient (Wildman–Crippen LogP) is 4.00. The molecule has 1 rings (SSSR count). The highest BCUT2D eigenvalue weighted by atomic mass is 79.9. The molecule has 0 N–H and O–H groups in total. The lowest BCUT2D eigenvalue weighted by Crippen LogP contribution is -3.00. The molecular weight excluding hydrogens is 370 g/mol. The maximum Gasteiger partial charge on any atom is 0.0786 e. The van der Waals surface area contributed by atoms with Gasteiger partial charge in [0.15, 0.2) is 0 Å². The third kappa shape index (κ3) is 14.5. The number of unbranched alkanes of at least 4 members (excludes halogenated alkanes) is 4. The van der Waals surface area contributed by atoms with Crippen LogP contribution in [0.5, 0.6) is 0 Å². The van der Waals surface area contributed by atoms with Crippen LogP contribution in [-0.4, -0.2) is 30.7 Å². The molecule has 0 spiro atoms. The van der Waals surface area contributed by atoms with Crippen molar-refractivity contribution in [2.45, 2.75) is 86.0 Å². The number of hydrogen-bond acceptors (Lipinski definition) is 0. The molecule has 0 saturated carbocycles. The summed E-state index contributed by atoms with van der Waals surface area (Å²) >= 11 is 0. The molecule has 0 aliphatic heterocycles. The van der Waals surface area contributed by atoms with Crippen LogP contribution in [0, 0.1) is 6.92 Å². The fraction of sp³-hybridized carbons (Fsp3) is 0.739. The molecule has 0 bridgehead atoms. The van der Waals surface area contributed by atoms with E-state index in [-0.39, 0.29) is 17.0 Å². The summed E-state index contributed by atoms with van der Waals surface area (Å²) in [5.41, 5.74) is 1.32. The Balaban J connectivity index is 0. The molecule has 0 atom stereocenters. The first kappa shape index (κ1) is 26.9. The van der Waals surface area contributed by atoms with Crippen LogP contribution in [0.25, 0.3) is 0 Å². The Kier molecular flexibility index (Phi) is 19.8. The highest BCUT2D eigenvalue weighted by molar-refractivity contribution is 5.11. The van der Waals surface area contributed by atoms with Crippen molar-refractivity contribution in [1.82, 2.24) is 0 Å². The van der Waals surface area contributed by atoms with Crippen LogP contribution in [0.3, 0.4) is 0 Å². The van der Waals surface area contributed by atoms with E-state index in [4.69, 9.17) is 0 Å². The van der Waals surface area contributed by atoms with Gasteiger partial charge in [-0.2, -0.15) is 0 Å². The normalized spacial score (nSPS) is 10.6. The second kappa shape index (κ2) is 18.5. The molecule has 1 nitrogen and oxygen atoms in total. The summed E-state index contributed by atoms with van der Waals surface area (Å²) in [5.74, 6) is 0.